The monoisotopic (exact) mass is 209 g/mol. The van der Waals surface area contributed by atoms with Crippen LogP contribution in [0, 0.1) is 5.92 Å². The second kappa shape index (κ2) is 5.03. The van der Waals surface area contributed by atoms with Gasteiger partial charge in [-0.05, 0) is 24.8 Å². The molecule has 1 aromatic carbocycles. The molecule has 15 heavy (non-hydrogen) atoms. The van der Waals surface area contributed by atoms with Crippen molar-refractivity contribution in [1.82, 2.24) is 0 Å². The molecule has 0 aliphatic heterocycles. The highest BCUT2D eigenvalue weighted by molar-refractivity contribution is 5.40. The van der Waals surface area contributed by atoms with Crippen LogP contribution < -0.4 is 5.73 Å². The summed E-state index contributed by atoms with van der Waals surface area (Å²) in [6, 6.07) is 4.39. The minimum Gasteiger partial charge on any atom is -0.508 e. The maximum absolute atomic E-state index is 9.59. The Kier molecular flexibility index (Phi) is 3.97. The van der Waals surface area contributed by atoms with Crippen LogP contribution in [0.1, 0.15) is 38.3 Å². The van der Waals surface area contributed by atoms with Crippen LogP contribution in [-0.4, -0.2) is 10.2 Å². The fraction of sp³-hybridized carbons (Fsp3) is 0.500. The van der Waals surface area contributed by atoms with E-state index in [-0.39, 0.29) is 17.5 Å². The first-order chi connectivity index (χ1) is 7.00. The van der Waals surface area contributed by atoms with Gasteiger partial charge in [0.2, 0.25) is 0 Å². The molecule has 1 aromatic rings. The lowest BCUT2D eigenvalue weighted by Crippen LogP contribution is -2.11. The van der Waals surface area contributed by atoms with Gasteiger partial charge in [0, 0.05) is 17.7 Å². The Morgan fingerprint density at radius 3 is 2.40 bits per heavy atom. The summed E-state index contributed by atoms with van der Waals surface area (Å²) in [6.45, 7) is 4.28. The van der Waals surface area contributed by atoms with Gasteiger partial charge in [0.25, 0.3) is 0 Å². The van der Waals surface area contributed by atoms with Gasteiger partial charge < -0.3 is 15.9 Å². The predicted molar refractivity (Wildman–Crippen MR) is 60.8 cm³/mol. The van der Waals surface area contributed by atoms with E-state index in [0.717, 1.165) is 12.8 Å². The molecule has 3 nitrogen and oxygen atoms in total. The molecular formula is C12H19NO2. The lowest BCUT2D eigenvalue weighted by molar-refractivity contribution is 0.434. The molecule has 0 saturated carbocycles. The van der Waals surface area contributed by atoms with E-state index >= 15 is 0 Å². The highest BCUT2D eigenvalue weighted by Gasteiger charge is 2.11. The third kappa shape index (κ3) is 3.44. The normalized spacial score (nSPS) is 13.1. The third-order valence-corrected chi connectivity index (χ3v) is 2.47. The van der Waals surface area contributed by atoms with Crippen LogP contribution in [0.15, 0.2) is 18.2 Å². The number of aromatic hydroxyl groups is 2. The molecule has 0 aromatic heterocycles. The van der Waals surface area contributed by atoms with E-state index in [2.05, 4.69) is 13.8 Å². The van der Waals surface area contributed by atoms with Gasteiger partial charge in [-0.25, -0.2) is 0 Å². The Hall–Kier alpha value is -1.22. The van der Waals surface area contributed by atoms with Crippen molar-refractivity contribution in [3.05, 3.63) is 23.8 Å². The predicted octanol–water partition coefficient (Wildman–Crippen LogP) is 2.53. The molecule has 0 fully saturated rings. The number of rotatable bonds is 4. The van der Waals surface area contributed by atoms with Gasteiger partial charge in [0.05, 0.1) is 0 Å². The third-order valence-electron chi connectivity index (χ3n) is 2.47. The Morgan fingerprint density at radius 1 is 1.20 bits per heavy atom. The van der Waals surface area contributed by atoms with Crippen molar-refractivity contribution < 1.29 is 10.2 Å². The maximum atomic E-state index is 9.59. The Labute approximate surface area is 90.5 Å². The zero-order valence-electron chi connectivity index (χ0n) is 9.27. The Bertz CT molecular complexity index is 323. The van der Waals surface area contributed by atoms with Crippen LogP contribution in [-0.2, 0) is 0 Å². The molecule has 3 heteroatoms. The summed E-state index contributed by atoms with van der Waals surface area (Å²) in [5.74, 6) is 0.744. The maximum Gasteiger partial charge on any atom is 0.124 e. The van der Waals surface area contributed by atoms with E-state index in [1.165, 1.54) is 6.07 Å². The quantitative estimate of drug-likeness (QED) is 0.713. The summed E-state index contributed by atoms with van der Waals surface area (Å²) in [7, 11) is 0. The van der Waals surface area contributed by atoms with Gasteiger partial charge in [-0.2, -0.15) is 0 Å². The molecule has 0 amide bonds. The molecule has 1 atom stereocenters. The minimum absolute atomic E-state index is 0.0623. The summed E-state index contributed by atoms with van der Waals surface area (Å²) in [6.07, 6.45) is 1.87. The van der Waals surface area contributed by atoms with Gasteiger partial charge in [-0.15, -0.1) is 0 Å². The molecule has 0 aliphatic carbocycles. The standard InChI is InChI=1S/C12H19NO2/c1-8(2)3-6-11(13)10-5-4-9(14)7-12(10)15/h4-5,7-8,11,14-15H,3,6,13H2,1-2H3/t11-/m0/s1. The van der Waals surface area contributed by atoms with E-state index in [9.17, 15) is 5.11 Å². The first kappa shape index (κ1) is 11.9. The van der Waals surface area contributed by atoms with Crippen molar-refractivity contribution in [2.45, 2.75) is 32.7 Å². The number of benzene rings is 1. The molecule has 84 valence electrons. The lowest BCUT2D eigenvalue weighted by Gasteiger charge is -2.14. The van der Waals surface area contributed by atoms with Crippen LogP contribution >= 0.6 is 0 Å². The number of phenols is 2. The average Bonchev–Trinajstić information content (AvgIpc) is 2.14. The smallest absolute Gasteiger partial charge is 0.124 e. The van der Waals surface area contributed by atoms with Crippen molar-refractivity contribution in [3.8, 4) is 11.5 Å². The summed E-state index contributed by atoms with van der Waals surface area (Å²) in [5.41, 5.74) is 6.65. The zero-order valence-corrected chi connectivity index (χ0v) is 9.27. The zero-order chi connectivity index (χ0) is 11.4. The van der Waals surface area contributed by atoms with Crippen molar-refractivity contribution in [3.63, 3.8) is 0 Å². The van der Waals surface area contributed by atoms with Crippen LogP contribution in [0.4, 0.5) is 0 Å². The SMILES string of the molecule is CC(C)CC[C@H](N)c1ccc(O)cc1O. The minimum atomic E-state index is -0.159. The van der Waals surface area contributed by atoms with Crippen molar-refractivity contribution in [2.75, 3.05) is 0 Å². The number of phenolic OH excluding ortho intramolecular Hbond substituents is 2. The van der Waals surface area contributed by atoms with E-state index in [0.29, 0.717) is 11.5 Å². The fourth-order valence-corrected chi connectivity index (χ4v) is 1.51. The number of nitrogens with two attached hydrogens (primary N) is 1. The molecule has 0 heterocycles. The van der Waals surface area contributed by atoms with Crippen molar-refractivity contribution in [2.24, 2.45) is 11.7 Å². The van der Waals surface area contributed by atoms with Crippen molar-refractivity contribution >= 4 is 0 Å². The molecule has 1 rings (SSSR count). The van der Waals surface area contributed by atoms with Gasteiger partial charge in [-0.3, -0.25) is 0 Å². The topological polar surface area (TPSA) is 66.5 Å². The van der Waals surface area contributed by atoms with Crippen LogP contribution in [0.3, 0.4) is 0 Å². The largest absolute Gasteiger partial charge is 0.508 e. The van der Waals surface area contributed by atoms with E-state index in [4.69, 9.17) is 10.8 Å². The molecule has 4 N–H and O–H groups in total. The molecule has 0 radical (unpaired) electrons. The van der Waals surface area contributed by atoms with E-state index < -0.39 is 0 Å². The molecule has 0 spiro atoms. The summed E-state index contributed by atoms with van der Waals surface area (Å²) in [5, 5.41) is 18.7. The molecular weight excluding hydrogens is 190 g/mol. The molecule has 0 unspecified atom stereocenters. The van der Waals surface area contributed by atoms with Crippen molar-refractivity contribution in [1.29, 1.82) is 0 Å². The Morgan fingerprint density at radius 2 is 1.87 bits per heavy atom. The Balaban J connectivity index is 2.69. The van der Waals surface area contributed by atoms with Crippen LogP contribution in [0.25, 0.3) is 0 Å². The van der Waals surface area contributed by atoms with Gasteiger partial charge in [-0.1, -0.05) is 19.9 Å². The van der Waals surface area contributed by atoms with Gasteiger partial charge in [0.15, 0.2) is 0 Å². The molecule has 0 aliphatic rings. The van der Waals surface area contributed by atoms with Crippen LogP contribution in [0.5, 0.6) is 11.5 Å². The van der Waals surface area contributed by atoms with Crippen LogP contribution in [0.2, 0.25) is 0 Å². The highest BCUT2D eigenvalue weighted by atomic mass is 16.3. The number of hydrogen-bond acceptors (Lipinski definition) is 3. The highest BCUT2D eigenvalue weighted by Crippen LogP contribution is 2.29. The second-order valence-corrected chi connectivity index (χ2v) is 4.32. The number of hydrogen-bond donors (Lipinski definition) is 3. The second-order valence-electron chi connectivity index (χ2n) is 4.32. The van der Waals surface area contributed by atoms with E-state index in [1.54, 1.807) is 12.1 Å². The first-order valence-corrected chi connectivity index (χ1v) is 5.28. The van der Waals surface area contributed by atoms with E-state index in [1.807, 2.05) is 0 Å². The first-order valence-electron chi connectivity index (χ1n) is 5.28. The fourth-order valence-electron chi connectivity index (χ4n) is 1.51. The summed E-state index contributed by atoms with van der Waals surface area (Å²) in [4.78, 5) is 0. The molecule has 0 saturated heterocycles. The average molecular weight is 209 g/mol. The summed E-state index contributed by atoms with van der Waals surface area (Å²) >= 11 is 0. The van der Waals surface area contributed by atoms with Gasteiger partial charge >= 0.3 is 0 Å². The lowest BCUT2D eigenvalue weighted by atomic mass is 9.97. The van der Waals surface area contributed by atoms with Gasteiger partial charge in [0.1, 0.15) is 11.5 Å². The molecule has 0 bridgehead atoms. The summed E-state index contributed by atoms with van der Waals surface area (Å²) < 4.78 is 0.